The Hall–Kier alpha value is -2.15. The van der Waals surface area contributed by atoms with Crippen molar-refractivity contribution in [2.45, 2.75) is 44.9 Å². The van der Waals surface area contributed by atoms with E-state index in [0.717, 1.165) is 77.1 Å². The first kappa shape index (κ1) is 23.0. The number of rotatable bonds is 4. The summed E-state index contributed by atoms with van der Waals surface area (Å²) < 4.78 is 13.2. The van der Waals surface area contributed by atoms with Gasteiger partial charge >= 0.3 is 0 Å². The number of amides is 2. The Bertz CT molecular complexity index is 756. The molecule has 3 heterocycles. The first-order valence-electron chi connectivity index (χ1n) is 12.4. The van der Waals surface area contributed by atoms with E-state index in [0.29, 0.717) is 25.5 Å². The molecule has 6 nitrogen and oxygen atoms in total. The van der Waals surface area contributed by atoms with E-state index in [9.17, 15) is 14.0 Å². The van der Waals surface area contributed by atoms with Crippen molar-refractivity contribution in [1.29, 1.82) is 0 Å². The normalized spacial score (nSPS) is 21.8. The molecule has 7 heteroatoms. The largest absolute Gasteiger partial charge is 0.370 e. The molecular formula is C25H37FN4O2. The molecule has 4 rings (SSSR count). The molecule has 3 fully saturated rings. The van der Waals surface area contributed by atoms with Crippen LogP contribution in [-0.4, -0.2) is 85.4 Å². The summed E-state index contributed by atoms with van der Waals surface area (Å²) in [6.07, 6.45) is 7.27. The van der Waals surface area contributed by atoms with E-state index in [-0.39, 0.29) is 17.6 Å². The van der Waals surface area contributed by atoms with Crippen LogP contribution >= 0.6 is 0 Å². The molecule has 0 aliphatic carbocycles. The zero-order valence-corrected chi connectivity index (χ0v) is 19.2. The Morgan fingerprint density at radius 3 is 2.12 bits per heavy atom. The van der Waals surface area contributed by atoms with Crippen molar-refractivity contribution in [3.8, 4) is 0 Å². The third-order valence-electron chi connectivity index (χ3n) is 7.25. The van der Waals surface area contributed by atoms with Crippen molar-refractivity contribution >= 4 is 17.5 Å². The fourth-order valence-corrected chi connectivity index (χ4v) is 5.26. The third-order valence-corrected chi connectivity index (χ3v) is 7.25. The Morgan fingerprint density at radius 2 is 1.44 bits per heavy atom. The molecule has 0 radical (unpaired) electrons. The molecule has 3 saturated heterocycles. The average molecular weight is 445 g/mol. The van der Waals surface area contributed by atoms with E-state index in [1.54, 1.807) is 0 Å². The summed E-state index contributed by atoms with van der Waals surface area (Å²) in [6.45, 7) is 7.12. The number of carbonyl (C=O) groups is 2. The van der Waals surface area contributed by atoms with E-state index in [1.165, 1.54) is 25.0 Å². The van der Waals surface area contributed by atoms with Gasteiger partial charge in [0.25, 0.3) is 0 Å². The monoisotopic (exact) mass is 444 g/mol. The number of nitrogens with zero attached hydrogens (tertiary/aromatic N) is 4. The number of hydrogen-bond donors (Lipinski definition) is 0. The molecule has 3 aliphatic heterocycles. The van der Waals surface area contributed by atoms with Crippen molar-refractivity contribution in [2.75, 3.05) is 63.8 Å². The van der Waals surface area contributed by atoms with Crippen molar-refractivity contribution in [3.63, 3.8) is 0 Å². The molecule has 176 valence electrons. The van der Waals surface area contributed by atoms with Crippen LogP contribution in [0.2, 0.25) is 0 Å². The van der Waals surface area contributed by atoms with Crippen LogP contribution < -0.4 is 4.90 Å². The minimum Gasteiger partial charge on any atom is -0.370 e. The van der Waals surface area contributed by atoms with Gasteiger partial charge in [-0.25, -0.2) is 4.39 Å². The summed E-state index contributed by atoms with van der Waals surface area (Å²) in [5.74, 6) is 0.362. The number of piperidine rings is 1. The first-order chi connectivity index (χ1) is 15.6. The number of anilines is 1. The van der Waals surface area contributed by atoms with Gasteiger partial charge in [0.2, 0.25) is 11.8 Å². The lowest BCUT2D eigenvalue weighted by atomic mass is 9.95. The summed E-state index contributed by atoms with van der Waals surface area (Å²) in [4.78, 5) is 34.3. The van der Waals surface area contributed by atoms with E-state index < -0.39 is 0 Å². The zero-order valence-electron chi connectivity index (χ0n) is 19.2. The molecule has 2 amide bonds. The van der Waals surface area contributed by atoms with Gasteiger partial charge in [-0.2, -0.15) is 0 Å². The van der Waals surface area contributed by atoms with Gasteiger partial charge < -0.3 is 14.7 Å². The maximum atomic E-state index is 13.2. The second-order valence-electron chi connectivity index (χ2n) is 9.49. The number of halogens is 1. The van der Waals surface area contributed by atoms with Gasteiger partial charge in [-0.3, -0.25) is 14.5 Å². The van der Waals surface area contributed by atoms with E-state index in [2.05, 4.69) is 14.7 Å². The molecule has 3 aliphatic rings. The Morgan fingerprint density at radius 1 is 0.750 bits per heavy atom. The maximum Gasteiger partial charge on any atom is 0.236 e. The Balaban J connectivity index is 1.21. The predicted molar refractivity (Wildman–Crippen MR) is 124 cm³/mol. The minimum absolute atomic E-state index is 0.0830. The molecule has 0 N–H and O–H groups in total. The summed E-state index contributed by atoms with van der Waals surface area (Å²) in [5.41, 5.74) is 1.04. The average Bonchev–Trinajstić information content (AvgIpc) is 3.23. The van der Waals surface area contributed by atoms with Crippen LogP contribution in [0.3, 0.4) is 0 Å². The lowest BCUT2D eigenvalue weighted by Crippen LogP contribution is -2.47. The number of benzene rings is 1. The standard InChI is InChI=1S/C25H37FN4O2/c26-22-6-8-23(9-7-22)28-15-5-12-27(18-19-28)20-24(31)29-16-10-21(11-17-29)25(32)30-13-3-1-2-4-14-30/h6-9,21H,1-5,10-20H2. The van der Waals surface area contributed by atoms with E-state index in [1.807, 2.05) is 17.0 Å². The molecule has 1 aromatic rings. The quantitative estimate of drug-likeness (QED) is 0.716. The molecule has 0 spiro atoms. The molecular weight excluding hydrogens is 407 g/mol. The molecule has 0 aromatic heterocycles. The van der Waals surface area contributed by atoms with Crippen molar-refractivity contribution in [3.05, 3.63) is 30.1 Å². The highest BCUT2D eigenvalue weighted by Crippen LogP contribution is 2.22. The zero-order chi connectivity index (χ0) is 22.3. The molecule has 32 heavy (non-hydrogen) atoms. The van der Waals surface area contributed by atoms with Gasteiger partial charge in [-0.1, -0.05) is 12.8 Å². The second-order valence-corrected chi connectivity index (χ2v) is 9.49. The molecule has 0 saturated carbocycles. The Labute approximate surface area is 191 Å². The lowest BCUT2D eigenvalue weighted by Gasteiger charge is -2.35. The topological polar surface area (TPSA) is 47.1 Å². The van der Waals surface area contributed by atoms with Crippen LogP contribution in [0.4, 0.5) is 10.1 Å². The minimum atomic E-state index is -0.215. The van der Waals surface area contributed by atoms with Crippen molar-refractivity contribution in [2.24, 2.45) is 5.92 Å². The van der Waals surface area contributed by atoms with Gasteiger partial charge in [0.1, 0.15) is 5.82 Å². The second kappa shape index (κ2) is 11.1. The Kier molecular flexibility index (Phi) is 8.00. The van der Waals surface area contributed by atoms with Gasteiger partial charge in [-0.15, -0.1) is 0 Å². The summed E-state index contributed by atoms with van der Waals surface area (Å²) in [7, 11) is 0. The van der Waals surface area contributed by atoms with Gasteiger partial charge in [0.05, 0.1) is 6.54 Å². The van der Waals surface area contributed by atoms with Crippen molar-refractivity contribution < 1.29 is 14.0 Å². The summed E-state index contributed by atoms with van der Waals surface area (Å²) >= 11 is 0. The first-order valence-corrected chi connectivity index (χ1v) is 12.4. The third kappa shape index (κ3) is 6.00. The fraction of sp³-hybridized carbons (Fsp3) is 0.680. The van der Waals surface area contributed by atoms with Gasteiger partial charge in [-0.05, 0) is 56.4 Å². The van der Waals surface area contributed by atoms with E-state index >= 15 is 0 Å². The lowest BCUT2D eigenvalue weighted by molar-refractivity contribution is -0.141. The smallest absolute Gasteiger partial charge is 0.236 e. The summed E-state index contributed by atoms with van der Waals surface area (Å²) in [6, 6.07) is 6.66. The highest BCUT2D eigenvalue weighted by molar-refractivity contribution is 5.81. The van der Waals surface area contributed by atoms with Crippen LogP contribution in [0.25, 0.3) is 0 Å². The maximum absolute atomic E-state index is 13.2. The highest BCUT2D eigenvalue weighted by Gasteiger charge is 2.31. The van der Waals surface area contributed by atoms with Gasteiger partial charge in [0, 0.05) is 64.0 Å². The summed E-state index contributed by atoms with van der Waals surface area (Å²) in [5, 5.41) is 0. The molecule has 0 atom stereocenters. The van der Waals surface area contributed by atoms with Crippen LogP contribution in [-0.2, 0) is 9.59 Å². The SMILES string of the molecule is O=C(CN1CCCN(c2ccc(F)cc2)CC1)N1CCC(C(=O)N2CCCCCC2)CC1. The fourth-order valence-electron chi connectivity index (χ4n) is 5.26. The number of carbonyl (C=O) groups excluding carboxylic acids is 2. The van der Waals surface area contributed by atoms with Crippen LogP contribution in [0, 0.1) is 11.7 Å². The van der Waals surface area contributed by atoms with Crippen molar-refractivity contribution in [1.82, 2.24) is 14.7 Å². The predicted octanol–water partition coefficient (Wildman–Crippen LogP) is 2.98. The number of hydrogen-bond acceptors (Lipinski definition) is 4. The van der Waals surface area contributed by atoms with E-state index in [4.69, 9.17) is 0 Å². The number of likely N-dealkylation sites (tertiary alicyclic amines) is 2. The van der Waals surface area contributed by atoms with Crippen LogP contribution in [0.15, 0.2) is 24.3 Å². The highest BCUT2D eigenvalue weighted by atomic mass is 19.1. The van der Waals surface area contributed by atoms with Crippen LogP contribution in [0.1, 0.15) is 44.9 Å². The molecule has 0 unspecified atom stereocenters. The van der Waals surface area contributed by atoms with Gasteiger partial charge in [0.15, 0.2) is 0 Å². The molecule has 0 bridgehead atoms. The molecule has 1 aromatic carbocycles. The van der Waals surface area contributed by atoms with Crippen LogP contribution in [0.5, 0.6) is 0 Å².